The van der Waals surface area contributed by atoms with Crippen LogP contribution in [0.15, 0.2) is 24.3 Å². The number of thioether (sulfide) groups is 1. The molecule has 1 aromatic rings. The van der Waals surface area contributed by atoms with Crippen molar-refractivity contribution in [3.63, 3.8) is 0 Å². The average molecular weight is 619 g/mol. The van der Waals surface area contributed by atoms with E-state index >= 15 is 0 Å². The fourth-order valence-corrected chi connectivity index (χ4v) is 7.59. The SMILES string of the molecule is COc1ccc(CN2CCC(NC(=S)[C@@H](CCC3CCCCC3)NC(=O)[C@@H]3CSCN3C(=O)OC(C)(C)C)CC2)cc1. The lowest BCUT2D eigenvalue weighted by Gasteiger charge is -2.35. The molecular formula is C32H50N4O4S2. The van der Waals surface area contributed by atoms with Crippen molar-refractivity contribution in [2.24, 2.45) is 5.92 Å². The van der Waals surface area contributed by atoms with Crippen molar-refractivity contribution < 1.29 is 19.1 Å². The maximum atomic E-state index is 13.6. The average Bonchev–Trinajstić information content (AvgIpc) is 3.47. The van der Waals surface area contributed by atoms with Gasteiger partial charge in [0, 0.05) is 31.4 Å². The van der Waals surface area contributed by atoms with Gasteiger partial charge in [0.1, 0.15) is 17.4 Å². The Morgan fingerprint density at radius 2 is 1.76 bits per heavy atom. The van der Waals surface area contributed by atoms with Gasteiger partial charge < -0.3 is 20.1 Å². The molecular weight excluding hydrogens is 569 g/mol. The van der Waals surface area contributed by atoms with Gasteiger partial charge in [-0.2, -0.15) is 0 Å². The molecule has 0 aromatic heterocycles. The number of rotatable bonds is 10. The lowest BCUT2D eigenvalue weighted by molar-refractivity contribution is -0.125. The highest BCUT2D eigenvalue weighted by molar-refractivity contribution is 7.99. The predicted octanol–water partition coefficient (Wildman–Crippen LogP) is 5.73. The predicted molar refractivity (Wildman–Crippen MR) is 174 cm³/mol. The number of piperidine rings is 1. The Morgan fingerprint density at radius 1 is 1.07 bits per heavy atom. The number of carbonyl (C=O) groups is 2. The first-order chi connectivity index (χ1) is 20.1. The van der Waals surface area contributed by atoms with Crippen molar-refractivity contribution in [3.05, 3.63) is 29.8 Å². The van der Waals surface area contributed by atoms with Gasteiger partial charge in [0.25, 0.3) is 0 Å². The number of benzene rings is 1. The molecule has 0 spiro atoms. The van der Waals surface area contributed by atoms with E-state index in [0.29, 0.717) is 23.6 Å². The van der Waals surface area contributed by atoms with Crippen molar-refractivity contribution in [3.8, 4) is 5.75 Å². The number of ether oxygens (including phenoxy) is 2. The third-order valence-electron chi connectivity index (χ3n) is 8.53. The molecule has 0 bridgehead atoms. The van der Waals surface area contributed by atoms with E-state index in [1.807, 2.05) is 32.9 Å². The smallest absolute Gasteiger partial charge is 0.411 e. The standard InChI is InChI=1S/C32H50N4O4S2/c1-32(2,3)40-31(38)36-22-42-21-28(36)29(37)34-27(15-12-23-8-6-5-7-9-23)30(41)33-25-16-18-35(19-17-25)20-24-10-13-26(39-4)14-11-24/h10-11,13-14,23,25,27-28H,5-9,12,15-22H2,1-4H3,(H,33,41)(H,34,37)/t27-,28+/m1/s1. The zero-order valence-electron chi connectivity index (χ0n) is 25.9. The molecule has 1 aromatic carbocycles. The van der Waals surface area contributed by atoms with E-state index in [-0.39, 0.29) is 11.9 Å². The summed E-state index contributed by atoms with van der Waals surface area (Å²) in [6, 6.07) is 7.79. The largest absolute Gasteiger partial charge is 0.497 e. The van der Waals surface area contributed by atoms with Gasteiger partial charge >= 0.3 is 6.09 Å². The molecule has 8 nitrogen and oxygen atoms in total. The lowest BCUT2D eigenvalue weighted by Crippen LogP contribution is -2.55. The molecule has 2 saturated heterocycles. The van der Waals surface area contributed by atoms with Crippen LogP contribution < -0.4 is 15.4 Å². The number of amides is 2. The molecule has 4 rings (SSSR count). The van der Waals surface area contributed by atoms with Gasteiger partial charge in [-0.1, -0.05) is 56.5 Å². The molecule has 2 heterocycles. The highest BCUT2D eigenvalue weighted by Crippen LogP contribution is 2.29. The molecule has 2 atom stereocenters. The summed E-state index contributed by atoms with van der Waals surface area (Å²) >= 11 is 7.55. The molecule has 3 fully saturated rings. The van der Waals surface area contributed by atoms with Gasteiger partial charge in [0.05, 0.1) is 24.0 Å². The highest BCUT2D eigenvalue weighted by Gasteiger charge is 2.38. The molecule has 10 heteroatoms. The van der Waals surface area contributed by atoms with E-state index in [1.54, 1.807) is 23.8 Å². The second-order valence-corrected chi connectivity index (χ2v) is 14.5. The van der Waals surface area contributed by atoms with E-state index in [0.717, 1.165) is 56.1 Å². The molecule has 0 unspecified atom stereocenters. The first-order valence-electron chi connectivity index (χ1n) is 15.6. The van der Waals surface area contributed by atoms with Crippen LogP contribution in [0.4, 0.5) is 4.79 Å². The maximum absolute atomic E-state index is 13.6. The van der Waals surface area contributed by atoms with E-state index in [4.69, 9.17) is 21.7 Å². The Morgan fingerprint density at radius 3 is 2.40 bits per heavy atom. The van der Waals surface area contributed by atoms with Crippen molar-refractivity contribution in [2.45, 2.75) is 109 Å². The number of nitrogens with zero attached hydrogens (tertiary/aromatic N) is 2. The van der Waals surface area contributed by atoms with Gasteiger partial charge in [0.15, 0.2) is 0 Å². The van der Waals surface area contributed by atoms with Gasteiger partial charge in [-0.25, -0.2) is 4.79 Å². The Kier molecular flexibility index (Phi) is 12.2. The van der Waals surface area contributed by atoms with Crippen LogP contribution in [0, 0.1) is 5.92 Å². The van der Waals surface area contributed by atoms with Gasteiger partial charge in [-0.3, -0.25) is 14.6 Å². The summed E-state index contributed by atoms with van der Waals surface area (Å²) in [4.78, 5) is 31.1. The minimum atomic E-state index is -0.608. The lowest BCUT2D eigenvalue weighted by atomic mass is 9.85. The first kappa shape index (κ1) is 32.9. The van der Waals surface area contributed by atoms with Crippen LogP contribution >= 0.6 is 24.0 Å². The number of hydrogen-bond donors (Lipinski definition) is 2. The molecule has 2 N–H and O–H groups in total. The van der Waals surface area contributed by atoms with Crippen LogP contribution in [0.25, 0.3) is 0 Å². The maximum Gasteiger partial charge on any atom is 0.411 e. The van der Waals surface area contributed by atoms with Crippen LogP contribution in [0.3, 0.4) is 0 Å². The quantitative estimate of drug-likeness (QED) is 0.322. The number of nitrogens with one attached hydrogen (secondary N) is 2. The molecule has 2 aliphatic heterocycles. The van der Waals surface area contributed by atoms with Gasteiger partial charge in [0.2, 0.25) is 5.91 Å². The Labute approximate surface area is 262 Å². The zero-order valence-corrected chi connectivity index (χ0v) is 27.5. The van der Waals surface area contributed by atoms with Crippen molar-refractivity contribution in [1.29, 1.82) is 0 Å². The minimum Gasteiger partial charge on any atom is -0.497 e. The number of carbonyl (C=O) groups excluding carboxylic acids is 2. The highest BCUT2D eigenvalue weighted by atomic mass is 32.2. The third-order valence-corrected chi connectivity index (χ3v) is 9.95. The van der Waals surface area contributed by atoms with Gasteiger partial charge in [-0.15, -0.1) is 11.8 Å². The molecule has 1 saturated carbocycles. The molecule has 3 aliphatic rings. The number of thiocarbonyl (C=S) groups is 1. The van der Waals surface area contributed by atoms with E-state index in [2.05, 4.69) is 27.7 Å². The number of hydrogen-bond acceptors (Lipinski definition) is 7. The van der Waals surface area contributed by atoms with Crippen LogP contribution in [0.5, 0.6) is 5.75 Å². The Hall–Kier alpha value is -2.04. The summed E-state index contributed by atoms with van der Waals surface area (Å²) in [6.07, 6.45) is 9.90. The third kappa shape index (κ3) is 10.0. The fraction of sp³-hybridized carbons (Fsp3) is 0.719. The molecule has 2 amide bonds. The number of methoxy groups -OCH3 is 1. The second-order valence-electron chi connectivity index (χ2n) is 13.0. The van der Waals surface area contributed by atoms with Crippen LogP contribution in [-0.4, -0.2) is 82.3 Å². The fourth-order valence-electron chi connectivity index (χ4n) is 6.10. The summed E-state index contributed by atoms with van der Waals surface area (Å²) in [6.45, 7) is 8.45. The van der Waals surface area contributed by atoms with Crippen molar-refractivity contribution >= 4 is 41.0 Å². The van der Waals surface area contributed by atoms with Crippen LogP contribution in [-0.2, 0) is 16.1 Å². The molecule has 42 heavy (non-hydrogen) atoms. The van der Waals surface area contributed by atoms with Crippen molar-refractivity contribution in [2.75, 3.05) is 31.8 Å². The van der Waals surface area contributed by atoms with E-state index in [1.165, 1.54) is 37.7 Å². The normalized spacial score (nSPS) is 21.5. The minimum absolute atomic E-state index is 0.141. The summed E-state index contributed by atoms with van der Waals surface area (Å²) in [5, 5.41) is 6.89. The molecule has 0 radical (unpaired) electrons. The summed E-state index contributed by atoms with van der Waals surface area (Å²) in [5.74, 6) is 2.45. The number of likely N-dealkylation sites (tertiary alicyclic amines) is 1. The summed E-state index contributed by atoms with van der Waals surface area (Å²) in [7, 11) is 1.69. The van der Waals surface area contributed by atoms with Crippen LogP contribution in [0.1, 0.15) is 84.1 Å². The summed E-state index contributed by atoms with van der Waals surface area (Å²) < 4.78 is 10.9. The summed E-state index contributed by atoms with van der Waals surface area (Å²) in [5.41, 5.74) is 0.678. The van der Waals surface area contributed by atoms with Crippen LogP contribution in [0.2, 0.25) is 0 Å². The first-order valence-corrected chi connectivity index (χ1v) is 17.2. The molecule has 234 valence electrons. The Bertz CT molecular complexity index is 1030. The van der Waals surface area contributed by atoms with Gasteiger partial charge in [-0.05, 0) is 70.1 Å². The van der Waals surface area contributed by atoms with Crippen molar-refractivity contribution in [1.82, 2.24) is 20.4 Å². The monoisotopic (exact) mass is 618 g/mol. The Balaban J connectivity index is 1.32. The topological polar surface area (TPSA) is 83.1 Å². The molecule has 1 aliphatic carbocycles. The zero-order chi connectivity index (χ0) is 30.1. The van der Waals surface area contributed by atoms with E-state index < -0.39 is 17.7 Å². The second kappa shape index (κ2) is 15.6. The van der Waals surface area contributed by atoms with E-state index in [9.17, 15) is 9.59 Å².